The van der Waals surface area contributed by atoms with Crippen molar-refractivity contribution in [1.82, 2.24) is 15.6 Å². The third-order valence-electron chi connectivity index (χ3n) is 5.03. The van der Waals surface area contributed by atoms with Crippen molar-refractivity contribution >= 4 is 40.1 Å². The van der Waals surface area contributed by atoms with Gasteiger partial charge < -0.3 is 15.2 Å². The molecular weight excluding hydrogens is 316 g/mol. The quantitative estimate of drug-likeness (QED) is 0.701. The first-order valence-electron chi connectivity index (χ1n) is 7.65. The highest BCUT2D eigenvalue weighted by Gasteiger charge is 2.52. The fraction of sp³-hybridized carbons (Fsp3) is 0.375. The van der Waals surface area contributed by atoms with Gasteiger partial charge in [0.1, 0.15) is 5.54 Å². The molecule has 2 fully saturated rings. The summed E-state index contributed by atoms with van der Waals surface area (Å²) >= 11 is 6.23. The number of hydrogen-bond donors (Lipinski definition) is 3. The number of nitrogens with zero attached hydrogens (tertiary/aromatic N) is 1. The molecule has 120 valence electrons. The number of aromatic amines is 1. The number of halogens is 1. The van der Waals surface area contributed by atoms with E-state index in [9.17, 15) is 9.59 Å². The molecule has 2 atom stereocenters. The second-order valence-corrected chi connectivity index (χ2v) is 6.78. The number of benzene rings is 1. The highest BCUT2D eigenvalue weighted by Crippen LogP contribution is 2.37. The molecule has 7 heteroatoms. The molecule has 2 aromatic rings. The summed E-state index contributed by atoms with van der Waals surface area (Å²) in [5.41, 5.74) is 1.26. The molecule has 0 radical (unpaired) electrons. The molecule has 0 aliphatic carbocycles. The first-order chi connectivity index (χ1) is 11.0. The van der Waals surface area contributed by atoms with E-state index in [4.69, 9.17) is 11.6 Å². The van der Waals surface area contributed by atoms with Gasteiger partial charge in [0.05, 0.1) is 0 Å². The fourth-order valence-corrected chi connectivity index (χ4v) is 3.97. The van der Waals surface area contributed by atoms with Gasteiger partial charge >= 0.3 is 6.03 Å². The fourth-order valence-electron chi connectivity index (χ4n) is 3.76. The number of nitrogens with one attached hydrogen (secondary N) is 3. The lowest BCUT2D eigenvalue weighted by Crippen LogP contribution is -2.60. The Labute approximate surface area is 138 Å². The molecule has 6 nitrogen and oxygen atoms in total. The molecule has 4 rings (SSSR count). The van der Waals surface area contributed by atoms with Crippen LogP contribution in [0.3, 0.4) is 0 Å². The zero-order valence-corrected chi connectivity index (χ0v) is 13.4. The first-order valence-corrected chi connectivity index (χ1v) is 8.02. The molecule has 3 amide bonds. The summed E-state index contributed by atoms with van der Waals surface area (Å²) < 4.78 is 0. The lowest BCUT2D eigenvalue weighted by atomic mass is 9.78. The molecule has 1 aromatic heterocycles. The van der Waals surface area contributed by atoms with E-state index in [0.717, 1.165) is 16.6 Å². The topological polar surface area (TPSA) is 77.2 Å². The minimum atomic E-state index is -0.788. The summed E-state index contributed by atoms with van der Waals surface area (Å²) in [5, 5.41) is 6.97. The SMILES string of the molecule is C[C@@H]1CN(c2cc(Cl)cc3[nH]ccc23)CC[C@]12NC(=O)NC2=O. The highest BCUT2D eigenvalue weighted by molar-refractivity contribution is 6.31. The Morgan fingerprint density at radius 2 is 2.17 bits per heavy atom. The summed E-state index contributed by atoms with van der Waals surface area (Å²) in [6, 6.07) is 5.49. The number of anilines is 1. The molecule has 1 spiro atoms. The van der Waals surface area contributed by atoms with Crippen LogP contribution in [0.4, 0.5) is 10.5 Å². The van der Waals surface area contributed by atoms with Crippen LogP contribution in [0.2, 0.25) is 5.02 Å². The Morgan fingerprint density at radius 3 is 2.87 bits per heavy atom. The molecule has 2 aliphatic rings. The Balaban J connectivity index is 1.67. The number of carbonyl (C=O) groups is 2. The monoisotopic (exact) mass is 332 g/mol. The standard InChI is InChI=1S/C16H17ClN4O2/c1-9-8-21(5-3-16(9)14(22)19-15(23)20-16)13-7-10(17)6-12-11(13)2-4-18-12/h2,4,6-7,9,18H,3,5,8H2,1H3,(H2,19,20,22,23)/t9-,16+/m1/s1. The van der Waals surface area contributed by atoms with Crippen LogP contribution in [0.1, 0.15) is 13.3 Å². The van der Waals surface area contributed by atoms with Crippen molar-refractivity contribution in [2.24, 2.45) is 5.92 Å². The number of piperidine rings is 1. The maximum atomic E-state index is 12.2. The molecule has 0 bridgehead atoms. The zero-order chi connectivity index (χ0) is 16.2. The summed E-state index contributed by atoms with van der Waals surface area (Å²) in [6.45, 7) is 3.35. The van der Waals surface area contributed by atoms with Gasteiger partial charge in [0.25, 0.3) is 5.91 Å². The smallest absolute Gasteiger partial charge is 0.322 e. The number of imide groups is 1. The van der Waals surface area contributed by atoms with E-state index in [1.807, 2.05) is 31.3 Å². The van der Waals surface area contributed by atoms with Gasteiger partial charge in [-0.3, -0.25) is 10.1 Å². The van der Waals surface area contributed by atoms with Gasteiger partial charge in [-0.05, 0) is 24.6 Å². The molecule has 2 saturated heterocycles. The number of carbonyl (C=O) groups excluding carboxylic acids is 2. The van der Waals surface area contributed by atoms with Crippen molar-refractivity contribution in [1.29, 1.82) is 0 Å². The van der Waals surface area contributed by atoms with Gasteiger partial charge in [-0.15, -0.1) is 0 Å². The number of hydrogen-bond acceptors (Lipinski definition) is 3. The van der Waals surface area contributed by atoms with E-state index in [2.05, 4.69) is 20.5 Å². The van der Waals surface area contributed by atoms with Crippen LogP contribution in [0.15, 0.2) is 24.4 Å². The lowest BCUT2D eigenvalue weighted by Gasteiger charge is -2.43. The van der Waals surface area contributed by atoms with Crippen LogP contribution < -0.4 is 15.5 Å². The van der Waals surface area contributed by atoms with Crippen molar-refractivity contribution in [3.05, 3.63) is 29.4 Å². The predicted molar refractivity (Wildman–Crippen MR) is 88.7 cm³/mol. The van der Waals surface area contributed by atoms with Crippen LogP contribution in [0.25, 0.3) is 10.9 Å². The lowest BCUT2D eigenvalue weighted by molar-refractivity contribution is -0.126. The van der Waals surface area contributed by atoms with Crippen molar-refractivity contribution in [3.63, 3.8) is 0 Å². The summed E-state index contributed by atoms with van der Waals surface area (Å²) in [6.07, 6.45) is 2.47. The average Bonchev–Trinajstić information content (AvgIpc) is 3.06. The Morgan fingerprint density at radius 1 is 1.35 bits per heavy atom. The summed E-state index contributed by atoms with van der Waals surface area (Å²) in [4.78, 5) is 29.1. The van der Waals surface area contributed by atoms with Crippen LogP contribution in [-0.2, 0) is 4.79 Å². The maximum Gasteiger partial charge on any atom is 0.322 e. The van der Waals surface area contributed by atoms with Crippen LogP contribution >= 0.6 is 11.6 Å². The Hall–Kier alpha value is -2.21. The first kappa shape index (κ1) is 14.4. The Kier molecular flexibility index (Phi) is 3.06. The molecule has 23 heavy (non-hydrogen) atoms. The summed E-state index contributed by atoms with van der Waals surface area (Å²) in [5.74, 6) is -0.219. The molecular formula is C16H17ClN4O2. The Bertz CT molecular complexity index is 818. The number of fused-ring (bicyclic) bond motifs is 1. The van der Waals surface area contributed by atoms with E-state index in [-0.39, 0.29) is 11.8 Å². The van der Waals surface area contributed by atoms with E-state index in [1.165, 1.54) is 0 Å². The third-order valence-corrected chi connectivity index (χ3v) is 5.25. The molecule has 0 unspecified atom stereocenters. The minimum Gasteiger partial charge on any atom is -0.370 e. The number of amides is 3. The minimum absolute atomic E-state index is 0.00401. The van der Waals surface area contributed by atoms with Gasteiger partial charge in [-0.1, -0.05) is 18.5 Å². The highest BCUT2D eigenvalue weighted by atomic mass is 35.5. The maximum absolute atomic E-state index is 12.2. The zero-order valence-electron chi connectivity index (χ0n) is 12.6. The van der Waals surface area contributed by atoms with E-state index >= 15 is 0 Å². The normalized spacial score (nSPS) is 27.6. The van der Waals surface area contributed by atoms with Crippen LogP contribution in [0.5, 0.6) is 0 Å². The van der Waals surface area contributed by atoms with Crippen LogP contribution in [0, 0.1) is 5.92 Å². The van der Waals surface area contributed by atoms with Crippen molar-refractivity contribution in [2.45, 2.75) is 18.9 Å². The van der Waals surface area contributed by atoms with E-state index < -0.39 is 11.6 Å². The van der Waals surface area contributed by atoms with Gasteiger partial charge in [0.2, 0.25) is 0 Å². The molecule has 3 heterocycles. The van der Waals surface area contributed by atoms with E-state index in [0.29, 0.717) is 24.5 Å². The van der Waals surface area contributed by atoms with Crippen molar-refractivity contribution < 1.29 is 9.59 Å². The summed E-state index contributed by atoms with van der Waals surface area (Å²) in [7, 11) is 0. The van der Waals surface area contributed by atoms with Gasteiger partial charge in [-0.25, -0.2) is 4.79 Å². The number of H-pyrrole nitrogens is 1. The molecule has 1 aromatic carbocycles. The van der Waals surface area contributed by atoms with Crippen molar-refractivity contribution in [3.8, 4) is 0 Å². The van der Waals surface area contributed by atoms with Crippen molar-refractivity contribution in [2.75, 3.05) is 18.0 Å². The average molecular weight is 333 g/mol. The van der Waals surface area contributed by atoms with Gasteiger partial charge in [0.15, 0.2) is 0 Å². The molecule has 3 N–H and O–H groups in total. The second-order valence-electron chi connectivity index (χ2n) is 6.34. The second kappa shape index (κ2) is 4.89. The predicted octanol–water partition coefficient (Wildman–Crippen LogP) is 2.25. The molecule has 2 aliphatic heterocycles. The number of rotatable bonds is 1. The van der Waals surface area contributed by atoms with Gasteiger partial charge in [-0.2, -0.15) is 0 Å². The molecule has 0 saturated carbocycles. The number of urea groups is 1. The largest absolute Gasteiger partial charge is 0.370 e. The van der Waals surface area contributed by atoms with E-state index in [1.54, 1.807) is 0 Å². The third kappa shape index (κ3) is 2.09. The van der Waals surface area contributed by atoms with Gasteiger partial charge in [0, 0.05) is 46.8 Å². The van der Waals surface area contributed by atoms with Crippen LogP contribution in [-0.4, -0.2) is 35.6 Å². The number of aromatic nitrogens is 1.